The van der Waals surface area contributed by atoms with Crippen LogP contribution in [-0.4, -0.2) is 42.1 Å². The molecule has 9 heteroatoms. The van der Waals surface area contributed by atoms with Gasteiger partial charge in [0.2, 0.25) is 0 Å². The van der Waals surface area contributed by atoms with Gasteiger partial charge in [0, 0.05) is 28.7 Å². The Morgan fingerprint density at radius 1 is 1.09 bits per heavy atom. The molecule has 4 rings (SSSR count). The number of methoxy groups -OCH3 is 1. The average molecular weight is 447 g/mol. The fourth-order valence-corrected chi connectivity index (χ4v) is 3.65. The highest BCUT2D eigenvalue weighted by molar-refractivity contribution is 6.39. The largest absolute Gasteiger partial charge is 0.494 e. The van der Waals surface area contributed by atoms with Crippen LogP contribution in [0.4, 0.5) is 10.5 Å². The Kier molecular flexibility index (Phi) is 5.95. The first-order valence-corrected chi connectivity index (χ1v) is 10.2. The molecule has 0 atom stereocenters. The highest BCUT2D eigenvalue weighted by Crippen LogP contribution is 2.28. The van der Waals surface area contributed by atoms with Gasteiger partial charge in [0.05, 0.1) is 19.4 Å². The molecule has 3 aromatic rings. The number of carbonyl (C=O) groups is 4. The van der Waals surface area contributed by atoms with E-state index in [1.165, 1.54) is 13.2 Å². The molecule has 1 N–H and O–H groups in total. The number of benzene rings is 2. The van der Waals surface area contributed by atoms with E-state index in [4.69, 9.17) is 9.47 Å². The summed E-state index contributed by atoms with van der Waals surface area (Å²) in [5, 5.41) is 2.95. The van der Waals surface area contributed by atoms with Crippen molar-refractivity contribution in [2.24, 2.45) is 0 Å². The molecule has 9 nitrogen and oxygen atoms in total. The summed E-state index contributed by atoms with van der Waals surface area (Å²) in [6, 6.07) is 12.9. The predicted octanol–water partition coefficient (Wildman–Crippen LogP) is 2.88. The number of nitrogens with one attached hydrogen (secondary N) is 1. The number of aromatic nitrogens is 1. The molecule has 0 saturated carbocycles. The summed E-state index contributed by atoms with van der Waals surface area (Å²) in [7, 11) is 1.30. The minimum absolute atomic E-state index is 0.0326. The number of barbiturate groups is 1. The van der Waals surface area contributed by atoms with Crippen molar-refractivity contribution in [3.05, 3.63) is 65.9 Å². The first-order chi connectivity index (χ1) is 15.9. The lowest BCUT2D eigenvalue weighted by atomic mass is 10.1. The second-order valence-electron chi connectivity index (χ2n) is 7.19. The number of ether oxygens (including phenoxy) is 2. The van der Waals surface area contributed by atoms with Crippen LogP contribution in [0.5, 0.6) is 5.75 Å². The Hall–Kier alpha value is -4.40. The molecular formula is C24H21N3O6. The molecule has 1 aromatic heterocycles. The smallest absolute Gasteiger partial charge is 0.335 e. The van der Waals surface area contributed by atoms with Gasteiger partial charge in [0.25, 0.3) is 11.8 Å². The first-order valence-electron chi connectivity index (χ1n) is 10.2. The Labute approximate surface area is 189 Å². The second-order valence-corrected chi connectivity index (χ2v) is 7.19. The Bertz CT molecular complexity index is 1310. The Balaban J connectivity index is 1.76. The number of hydrogen-bond donors (Lipinski definition) is 1. The predicted molar refractivity (Wildman–Crippen MR) is 121 cm³/mol. The van der Waals surface area contributed by atoms with Crippen LogP contribution < -0.4 is 15.0 Å². The van der Waals surface area contributed by atoms with Gasteiger partial charge in [-0.15, -0.1) is 0 Å². The first kappa shape index (κ1) is 21.8. The number of rotatable bonds is 6. The highest BCUT2D eigenvalue weighted by atomic mass is 16.5. The SMILES string of the molecule is CCOc1cccc(N2C(=O)NC(=O)/C(=C/c3cn(CC(=O)OC)c4ccccc34)C2=O)c1. The van der Waals surface area contributed by atoms with Crippen molar-refractivity contribution >= 4 is 46.5 Å². The van der Waals surface area contributed by atoms with Gasteiger partial charge in [0.1, 0.15) is 17.9 Å². The van der Waals surface area contributed by atoms with E-state index in [1.54, 1.807) is 35.0 Å². The van der Waals surface area contributed by atoms with Crippen LogP contribution in [0.3, 0.4) is 0 Å². The monoisotopic (exact) mass is 447 g/mol. The standard InChI is InChI=1S/C24H21N3O6/c1-3-33-17-8-6-7-16(12-17)27-23(30)19(22(29)25-24(27)31)11-15-13-26(14-21(28)32-2)20-10-5-4-9-18(15)20/h4-13H,3,14H2,1-2H3,(H,25,29,31)/b19-11-. The van der Waals surface area contributed by atoms with Crippen LogP contribution in [0.1, 0.15) is 12.5 Å². The Morgan fingerprint density at radius 3 is 2.64 bits per heavy atom. The molecule has 0 spiro atoms. The van der Waals surface area contributed by atoms with Crippen LogP contribution in [0, 0.1) is 0 Å². The third kappa shape index (κ3) is 4.20. The van der Waals surface area contributed by atoms with E-state index in [0.29, 0.717) is 17.9 Å². The molecule has 1 saturated heterocycles. The van der Waals surface area contributed by atoms with Gasteiger partial charge in [-0.3, -0.25) is 19.7 Å². The number of amides is 4. The quantitative estimate of drug-likeness (QED) is 0.354. The number of fused-ring (bicyclic) bond motifs is 1. The van der Waals surface area contributed by atoms with Gasteiger partial charge in [-0.2, -0.15) is 0 Å². The molecule has 0 bridgehead atoms. The molecule has 2 aromatic carbocycles. The second kappa shape index (κ2) is 8.99. The topological polar surface area (TPSA) is 107 Å². The van der Waals surface area contributed by atoms with Crippen LogP contribution >= 0.6 is 0 Å². The number of esters is 1. The summed E-state index contributed by atoms with van der Waals surface area (Å²) in [6.07, 6.45) is 3.07. The Morgan fingerprint density at radius 2 is 1.88 bits per heavy atom. The molecule has 2 heterocycles. The van der Waals surface area contributed by atoms with Gasteiger partial charge in [-0.05, 0) is 31.2 Å². The van der Waals surface area contributed by atoms with Crippen molar-refractivity contribution in [3.63, 3.8) is 0 Å². The number of urea groups is 1. The van der Waals surface area contributed by atoms with Crippen molar-refractivity contribution in [1.82, 2.24) is 9.88 Å². The average Bonchev–Trinajstić information content (AvgIpc) is 3.14. The molecule has 1 fully saturated rings. The van der Waals surface area contributed by atoms with E-state index in [-0.39, 0.29) is 17.8 Å². The van der Waals surface area contributed by atoms with E-state index in [9.17, 15) is 19.2 Å². The van der Waals surface area contributed by atoms with Crippen molar-refractivity contribution in [2.75, 3.05) is 18.6 Å². The zero-order valence-corrected chi connectivity index (χ0v) is 18.0. The third-order valence-electron chi connectivity index (χ3n) is 5.13. The van der Waals surface area contributed by atoms with E-state index in [2.05, 4.69) is 5.32 Å². The van der Waals surface area contributed by atoms with Crippen LogP contribution in [0.15, 0.2) is 60.3 Å². The maximum absolute atomic E-state index is 13.2. The fourth-order valence-electron chi connectivity index (χ4n) is 3.65. The third-order valence-corrected chi connectivity index (χ3v) is 5.13. The van der Waals surface area contributed by atoms with Crippen molar-refractivity contribution in [1.29, 1.82) is 0 Å². The van der Waals surface area contributed by atoms with E-state index >= 15 is 0 Å². The molecular weight excluding hydrogens is 426 g/mol. The lowest BCUT2D eigenvalue weighted by molar-refractivity contribution is -0.141. The summed E-state index contributed by atoms with van der Waals surface area (Å²) >= 11 is 0. The van der Waals surface area contributed by atoms with Crippen LogP contribution in [-0.2, 0) is 25.7 Å². The lowest BCUT2D eigenvalue weighted by Crippen LogP contribution is -2.54. The fraction of sp³-hybridized carbons (Fsp3) is 0.167. The maximum Gasteiger partial charge on any atom is 0.335 e. The molecule has 0 radical (unpaired) electrons. The summed E-state index contributed by atoms with van der Waals surface area (Å²) < 4.78 is 11.9. The van der Waals surface area contributed by atoms with E-state index in [1.807, 2.05) is 31.2 Å². The van der Waals surface area contributed by atoms with Gasteiger partial charge >= 0.3 is 12.0 Å². The van der Waals surface area contributed by atoms with Crippen molar-refractivity contribution in [2.45, 2.75) is 13.5 Å². The summed E-state index contributed by atoms with van der Waals surface area (Å²) in [5.74, 6) is -1.51. The molecule has 1 aliphatic rings. The minimum atomic E-state index is -0.844. The van der Waals surface area contributed by atoms with Crippen LogP contribution in [0.2, 0.25) is 0 Å². The number of imide groups is 2. The van der Waals surface area contributed by atoms with Gasteiger partial charge in [-0.1, -0.05) is 24.3 Å². The van der Waals surface area contributed by atoms with Crippen LogP contribution in [0.25, 0.3) is 17.0 Å². The number of hydrogen-bond acceptors (Lipinski definition) is 6. The molecule has 168 valence electrons. The van der Waals surface area contributed by atoms with Gasteiger partial charge in [-0.25, -0.2) is 9.69 Å². The van der Waals surface area contributed by atoms with Gasteiger partial charge in [0.15, 0.2) is 0 Å². The maximum atomic E-state index is 13.2. The number of carbonyl (C=O) groups excluding carboxylic acids is 4. The number of para-hydroxylation sites is 1. The van der Waals surface area contributed by atoms with Crippen molar-refractivity contribution < 1.29 is 28.7 Å². The van der Waals surface area contributed by atoms with E-state index in [0.717, 1.165) is 15.8 Å². The summed E-state index contributed by atoms with van der Waals surface area (Å²) in [5.41, 5.74) is 1.34. The number of nitrogens with zero attached hydrogens (tertiary/aromatic N) is 2. The molecule has 33 heavy (non-hydrogen) atoms. The normalized spacial score (nSPS) is 15.2. The summed E-state index contributed by atoms with van der Waals surface area (Å²) in [4.78, 5) is 51.0. The zero-order chi connectivity index (χ0) is 23.5. The molecule has 0 aliphatic carbocycles. The van der Waals surface area contributed by atoms with E-state index < -0.39 is 23.8 Å². The molecule has 1 aliphatic heterocycles. The lowest BCUT2D eigenvalue weighted by Gasteiger charge is -2.26. The van der Waals surface area contributed by atoms with Crippen molar-refractivity contribution in [3.8, 4) is 5.75 Å². The highest BCUT2D eigenvalue weighted by Gasteiger charge is 2.37. The zero-order valence-electron chi connectivity index (χ0n) is 18.0. The molecule has 0 unspecified atom stereocenters. The molecule has 4 amide bonds. The minimum Gasteiger partial charge on any atom is -0.494 e. The van der Waals surface area contributed by atoms with Gasteiger partial charge < -0.3 is 14.0 Å². The number of anilines is 1. The summed E-state index contributed by atoms with van der Waals surface area (Å²) in [6.45, 7) is 2.21.